The van der Waals surface area contributed by atoms with E-state index in [9.17, 15) is 4.79 Å². The summed E-state index contributed by atoms with van der Waals surface area (Å²) in [5.74, 6) is 0.293. The summed E-state index contributed by atoms with van der Waals surface area (Å²) < 4.78 is 4.72. The van der Waals surface area contributed by atoms with Crippen LogP contribution >= 0.6 is 0 Å². The Kier molecular flexibility index (Phi) is 4.10. The number of nitrogens with zero attached hydrogens (tertiary/aromatic N) is 1. The third kappa shape index (κ3) is 3.12. The Bertz CT molecular complexity index is 349. The molecular formula is C11H17N3O2. The zero-order valence-electron chi connectivity index (χ0n) is 9.73. The van der Waals surface area contributed by atoms with Crippen molar-refractivity contribution in [1.29, 1.82) is 0 Å². The lowest BCUT2D eigenvalue weighted by molar-refractivity contribution is -0.142. The number of nitrogens with two attached hydrogens (primary N) is 1. The highest BCUT2D eigenvalue weighted by molar-refractivity contribution is 5.79. The molecule has 0 aliphatic heterocycles. The van der Waals surface area contributed by atoms with E-state index < -0.39 is 0 Å². The first-order chi connectivity index (χ1) is 7.54. The number of nitrogens with one attached hydrogen (secondary N) is 1. The molecule has 3 N–H and O–H groups in total. The largest absolute Gasteiger partial charge is 0.467 e. The molecule has 5 nitrogen and oxygen atoms in total. The molecule has 1 heterocycles. The normalized spacial score (nSPS) is 12.2. The first kappa shape index (κ1) is 12.3. The van der Waals surface area contributed by atoms with Gasteiger partial charge in [0.25, 0.3) is 0 Å². The molecule has 1 rings (SSSR count). The van der Waals surface area contributed by atoms with Crippen LogP contribution in [0.4, 0.5) is 11.5 Å². The van der Waals surface area contributed by atoms with Gasteiger partial charge in [0.1, 0.15) is 11.9 Å². The van der Waals surface area contributed by atoms with E-state index in [0.29, 0.717) is 5.82 Å². The van der Waals surface area contributed by atoms with Crippen LogP contribution in [0.1, 0.15) is 13.8 Å². The van der Waals surface area contributed by atoms with Crippen LogP contribution in [0.15, 0.2) is 18.3 Å². The summed E-state index contributed by atoms with van der Waals surface area (Å²) in [6.45, 7) is 3.89. The number of ether oxygens (including phenoxy) is 1. The zero-order chi connectivity index (χ0) is 12.1. The van der Waals surface area contributed by atoms with Gasteiger partial charge in [-0.25, -0.2) is 9.78 Å². The van der Waals surface area contributed by atoms with Gasteiger partial charge in [-0.1, -0.05) is 13.8 Å². The fourth-order valence-electron chi connectivity index (χ4n) is 1.29. The van der Waals surface area contributed by atoms with E-state index in [1.54, 1.807) is 18.3 Å². The van der Waals surface area contributed by atoms with E-state index in [1.165, 1.54) is 7.11 Å². The third-order valence-electron chi connectivity index (χ3n) is 2.23. The summed E-state index contributed by atoms with van der Waals surface area (Å²) >= 11 is 0. The van der Waals surface area contributed by atoms with E-state index in [4.69, 9.17) is 10.5 Å². The van der Waals surface area contributed by atoms with Gasteiger partial charge >= 0.3 is 5.97 Å². The Morgan fingerprint density at radius 2 is 2.19 bits per heavy atom. The fraction of sp³-hybridized carbons (Fsp3) is 0.455. The van der Waals surface area contributed by atoms with Crippen LogP contribution in [0.25, 0.3) is 0 Å². The average Bonchev–Trinajstić information content (AvgIpc) is 2.27. The van der Waals surface area contributed by atoms with Crippen molar-refractivity contribution in [2.24, 2.45) is 5.92 Å². The average molecular weight is 223 g/mol. The summed E-state index contributed by atoms with van der Waals surface area (Å²) in [6.07, 6.45) is 1.59. The minimum atomic E-state index is -0.379. The van der Waals surface area contributed by atoms with Gasteiger partial charge in [0, 0.05) is 0 Å². The predicted octanol–water partition coefficient (Wildman–Crippen LogP) is 1.27. The predicted molar refractivity (Wildman–Crippen MR) is 62.9 cm³/mol. The third-order valence-corrected chi connectivity index (χ3v) is 2.23. The quantitative estimate of drug-likeness (QED) is 0.752. The highest BCUT2D eigenvalue weighted by Crippen LogP contribution is 2.13. The van der Waals surface area contributed by atoms with Gasteiger partial charge < -0.3 is 15.8 Å². The van der Waals surface area contributed by atoms with Crippen LogP contribution < -0.4 is 11.1 Å². The maximum atomic E-state index is 11.5. The number of carbonyl (C=O) groups is 1. The highest BCUT2D eigenvalue weighted by atomic mass is 16.5. The SMILES string of the molecule is COC(=O)C(Nc1ccc(N)nc1)C(C)C. The lowest BCUT2D eigenvalue weighted by atomic mass is 10.0. The molecule has 1 unspecified atom stereocenters. The summed E-state index contributed by atoms with van der Waals surface area (Å²) in [4.78, 5) is 15.4. The fourth-order valence-corrected chi connectivity index (χ4v) is 1.29. The van der Waals surface area contributed by atoms with Crippen molar-refractivity contribution in [1.82, 2.24) is 4.98 Å². The molecule has 0 amide bonds. The van der Waals surface area contributed by atoms with Gasteiger partial charge in [-0.3, -0.25) is 0 Å². The van der Waals surface area contributed by atoms with Crippen molar-refractivity contribution in [3.63, 3.8) is 0 Å². The molecule has 0 aromatic carbocycles. The van der Waals surface area contributed by atoms with E-state index in [-0.39, 0.29) is 17.9 Å². The maximum Gasteiger partial charge on any atom is 0.328 e. The van der Waals surface area contributed by atoms with Crippen molar-refractivity contribution in [3.8, 4) is 0 Å². The van der Waals surface area contributed by atoms with Crippen LogP contribution in [0.3, 0.4) is 0 Å². The number of rotatable bonds is 4. The first-order valence-electron chi connectivity index (χ1n) is 5.10. The number of anilines is 2. The molecule has 88 valence electrons. The minimum Gasteiger partial charge on any atom is -0.467 e. The molecule has 0 radical (unpaired) electrons. The monoisotopic (exact) mass is 223 g/mol. The number of methoxy groups -OCH3 is 1. The molecule has 1 atom stereocenters. The summed E-state index contributed by atoms with van der Waals surface area (Å²) in [7, 11) is 1.38. The molecule has 0 aliphatic rings. The lowest BCUT2D eigenvalue weighted by Gasteiger charge is -2.20. The molecular weight excluding hydrogens is 206 g/mol. The van der Waals surface area contributed by atoms with Crippen molar-refractivity contribution in [2.45, 2.75) is 19.9 Å². The molecule has 1 aromatic rings. The maximum absolute atomic E-state index is 11.5. The van der Waals surface area contributed by atoms with Crippen LogP contribution in [0.5, 0.6) is 0 Å². The molecule has 0 aliphatic carbocycles. The summed E-state index contributed by atoms with van der Waals surface area (Å²) in [5, 5.41) is 3.06. The Morgan fingerprint density at radius 3 is 2.62 bits per heavy atom. The number of aromatic nitrogens is 1. The number of hydrogen-bond acceptors (Lipinski definition) is 5. The number of pyridine rings is 1. The highest BCUT2D eigenvalue weighted by Gasteiger charge is 2.22. The van der Waals surface area contributed by atoms with Crippen LogP contribution in [-0.4, -0.2) is 24.1 Å². The smallest absolute Gasteiger partial charge is 0.328 e. The minimum absolute atomic E-state index is 0.130. The Labute approximate surface area is 95.0 Å². The molecule has 16 heavy (non-hydrogen) atoms. The molecule has 1 aromatic heterocycles. The van der Waals surface area contributed by atoms with E-state index in [0.717, 1.165) is 5.69 Å². The van der Waals surface area contributed by atoms with Gasteiger partial charge in [-0.05, 0) is 18.1 Å². The van der Waals surface area contributed by atoms with Gasteiger partial charge in [0.2, 0.25) is 0 Å². The van der Waals surface area contributed by atoms with Crippen molar-refractivity contribution in [3.05, 3.63) is 18.3 Å². The van der Waals surface area contributed by atoms with E-state index >= 15 is 0 Å². The van der Waals surface area contributed by atoms with E-state index in [1.807, 2.05) is 13.8 Å². The summed E-state index contributed by atoms with van der Waals surface area (Å²) in [6, 6.07) is 3.08. The van der Waals surface area contributed by atoms with Crippen LogP contribution in [0.2, 0.25) is 0 Å². The molecule has 0 fully saturated rings. The molecule has 0 saturated heterocycles. The molecule has 0 bridgehead atoms. The lowest BCUT2D eigenvalue weighted by Crippen LogP contribution is -2.35. The Balaban J connectivity index is 2.75. The number of nitrogen functional groups attached to an aromatic ring is 1. The second-order valence-corrected chi connectivity index (χ2v) is 3.86. The Morgan fingerprint density at radius 1 is 1.50 bits per heavy atom. The second-order valence-electron chi connectivity index (χ2n) is 3.86. The van der Waals surface area contributed by atoms with Gasteiger partial charge in [-0.2, -0.15) is 0 Å². The number of esters is 1. The molecule has 0 spiro atoms. The standard InChI is InChI=1S/C11H17N3O2/c1-7(2)10(11(15)16-3)14-8-4-5-9(12)13-6-8/h4-7,10,14H,1-3H3,(H2,12,13). The number of hydrogen-bond donors (Lipinski definition) is 2. The zero-order valence-corrected chi connectivity index (χ0v) is 9.73. The van der Waals surface area contributed by atoms with Crippen molar-refractivity contribution in [2.75, 3.05) is 18.2 Å². The van der Waals surface area contributed by atoms with Crippen molar-refractivity contribution < 1.29 is 9.53 Å². The van der Waals surface area contributed by atoms with Crippen LogP contribution in [0, 0.1) is 5.92 Å². The van der Waals surface area contributed by atoms with E-state index in [2.05, 4.69) is 10.3 Å². The summed E-state index contributed by atoms with van der Waals surface area (Å²) in [5.41, 5.74) is 6.22. The first-order valence-corrected chi connectivity index (χ1v) is 5.10. The topological polar surface area (TPSA) is 77.2 Å². The molecule has 0 saturated carbocycles. The van der Waals surface area contributed by atoms with Gasteiger partial charge in [0.05, 0.1) is 19.0 Å². The Hall–Kier alpha value is -1.78. The van der Waals surface area contributed by atoms with Crippen LogP contribution in [-0.2, 0) is 9.53 Å². The number of carbonyl (C=O) groups excluding carboxylic acids is 1. The van der Waals surface area contributed by atoms with Crippen molar-refractivity contribution >= 4 is 17.5 Å². The van der Waals surface area contributed by atoms with Gasteiger partial charge in [0.15, 0.2) is 0 Å². The van der Waals surface area contributed by atoms with Gasteiger partial charge in [-0.15, -0.1) is 0 Å². The second kappa shape index (κ2) is 5.34. The molecule has 5 heteroatoms.